The minimum absolute atomic E-state index is 0.0528. The van der Waals surface area contributed by atoms with Crippen molar-refractivity contribution in [2.24, 2.45) is 5.92 Å². The average molecular weight is 441 g/mol. The van der Waals surface area contributed by atoms with Crippen molar-refractivity contribution < 1.29 is 22.4 Å². The number of rotatable bonds is 3. The third kappa shape index (κ3) is 3.53. The lowest BCUT2D eigenvalue weighted by atomic mass is 9.92. The zero-order valence-electron chi connectivity index (χ0n) is 16.3. The fourth-order valence-corrected chi connectivity index (χ4v) is 4.58. The lowest BCUT2D eigenvalue weighted by Crippen LogP contribution is -2.50. The third-order valence-corrected chi connectivity index (χ3v) is 6.46. The van der Waals surface area contributed by atoms with Crippen LogP contribution in [0.2, 0.25) is 5.02 Å². The summed E-state index contributed by atoms with van der Waals surface area (Å²) in [6.45, 7) is 3.70. The fraction of sp³-hybridized carbons (Fsp3) is 0.409. The van der Waals surface area contributed by atoms with E-state index in [-0.39, 0.29) is 12.0 Å². The van der Waals surface area contributed by atoms with Crippen LogP contribution in [-0.2, 0) is 10.2 Å². The fourth-order valence-electron chi connectivity index (χ4n) is 4.42. The van der Waals surface area contributed by atoms with E-state index in [1.54, 1.807) is 6.07 Å². The van der Waals surface area contributed by atoms with E-state index in [9.17, 15) is 22.4 Å². The Morgan fingerprint density at radius 2 is 1.70 bits per heavy atom. The Labute approximate surface area is 177 Å². The molecule has 2 aromatic rings. The van der Waals surface area contributed by atoms with Crippen molar-refractivity contribution in [3.63, 3.8) is 0 Å². The number of carbonyl (C=O) groups is 1. The van der Waals surface area contributed by atoms with Crippen molar-refractivity contribution in [3.05, 3.63) is 64.4 Å². The van der Waals surface area contributed by atoms with Crippen LogP contribution in [0, 0.1) is 18.7 Å². The van der Waals surface area contributed by atoms with Gasteiger partial charge >= 0.3 is 6.18 Å². The first-order valence-corrected chi connectivity index (χ1v) is 10.1. The van der Waals surface area contributed by atoms with E-state index < -0.39 is 29.2 Å². The maximum Gasteiger partial charge on any atom is 0.399 e. The molecule has 2 aliphatic rings. The summed E-state index contributed by atoms with van der Waals surface area (Å²) in [5.41, 5.74) is -0.257. The molecule has 1 saturated carbocycles. The molecular formula is C22H21ClF4N2O. The largest absolute Gasteiger partial charge is 0.399 e. The van der Waals surface area contributed by atoms with E-state index in [0.717, 1.165) is 35.5 Å². The van der Waals surface area contributed by atoms with Gasteiger partial charge in [0, 0.05) is 36.9 Å². The highest BCUT2D eigenvalue weighted by Crippen LogP contribution is 2.64. The number of benzene rings is 2. The lowest BCUT2D eigenvalue weighted by molar-refractivity contribution is -0.169. The molecule has 1 saturated heterocycles. The van der Waals surface area contributed by atoms with Crippen LogP contribution in [-0.4, -0.2) is 43.2 Å². The Balaban J connectivity index is 1.48. The SMILES string of the molecule is Cc1ccc(Cl)cc1N1CCN(C(=O)[C@H]2C[C@]2(c2ccc(F)cc2)C(F)(F)F)CC1. The first kappa shape index (κ1) is 21.0. The first-order valence-electron chi connectivity index (χ1n) is 9.76. The van der Waals surface area contributed by atoms with Crippen molar-refractivity contribution in [2.45, 2.75) is 24.9 Å². The van der Waals surface area contributed by atoms with E-state index in [0.29, 0.717) is 31.2 Å². The summed E-state index contributed by atoms with van der Waals surface area (Å²) in [4.78, 5) is 16.5. The number of anilines is 1. The molecule has 1 amide bonds. The van der Waals surface area contributed by atoms with Gasteiger partial charge in [0.1, 0.15) is 11.2 Å². The summed E-state index contributed by atoms with van der Waals surface area (Å²) in [5.74, 6) is -2.26. The van der Waals surface area contributed by atoms with Crippen LogP contribution in [0.1, 0.15) is 17.5 Å². The normalized spacial score (nSPS) is 24.1. The minimum atomic E-state index is -4.58. The zero-order valence-corrected chi connectivity index (χ0v) is 17.1. The number of nitrogens with zero attached hydrogens (tertiary/aromatic N) is 2. The van der Waals surface area contributed by atoms with Crippen LogP contribution in [0.25, 0.3) is 0 Å². The number of piperazine rings is 1. The van der Waals surface area contributed by atoms with E-state index >= 15 is 0 Å². The summed E-state index contributed by atoms with van der Waals surface area (Å²) in [6.07, 6.45) is -4.88. The van der Waals surface area contributed by atoms with E-state index in [2.05, 4.69) is 4.90 Å². The van der Waals surface area contributed by atoms with Crippen molar-refractivity contribution >= 4 is 23.2 Å². The average Bonchev–Trinajstić information content (AvgIpc) is 3.47. The second kappa shape index (κ2) is 7.45. The highest BCUT2D eigenvalue weighted by Gasteiger charge is 2.74. The number of amides is 1. The Morgan fingerprint density at radius 1 is 1.07 bits per heavy atom. The number of hydrogen-bond donors (Lipinski definition) is 0. The number of aryl methyl sites for hydroxylation is 1. The predicted octanol–water partition coefficient (Wildman–Crippen LogP) is 4.96. The van der Waals surface area contributed by atoms with E-state index in [4.69, 9.17) is 11.6 Å². The van der Waals surface area contributed by atoms with E-state index in [1.165, 1.54) is 4.90 Å². The third-order valence-electron chi connectivity index (χ3n) is 6.23. The van der Waals surface area contributed by atoms with Gasteiger partial charge in [-0.1, -0.05) is 29.8 Å². The van der Waals surface area contributed by atoms with Crippen LogP contribution in [0.4, 0.5) is 23.2 Å². The zero-order chi connectivity index (χ0) is 21.7. The Hall–Kier alpha value is -2.28. The maximum absolute atomic E-state index is 13.9. The van der Waals surface area contributed by atoms with Gasteiger partial charge in [0.15, 0.2) is 0 Å². The molecule has 30 heavy (non-hydrogen) atoms. The Morgan fingerprint density at radius 3 is 2.30 bits per heavy atom. The van der Waals surface area contributed by atoms with Crippen LogP contribution >= 0.6 is 11.6 Å². The van der Waals surface area contributed by atoms with Gasteiger partial charge in [-0.15, -0.1) is 0 Å². The van der Waals surface area contributed by atoms with Gasteiger partial charge in [-0.3, -0.25) is 4.79 Å². The van der Waals surface area contributed by atoms with Crippen LogP contribution in [0.3, 0.4) is 0 Å². The quantitative estimate of drug-likeness (QED) is 0.630. The second-order valence-electron chi connectivity index (χ2n) is 7.98. The van der Waals surface area contributed by atoms with Gasteiger partial charge in [0.2, 0.25) is 5.91 Å². The van der Waals surface area contributed by atoms with Gasteiger partial charge < -0.3 is 9.80 Å². The summed E-state index contributed by atoms with van der Waals surface area (Å²) in [6, 6.07) is 9.87. The molecule has 0 spiro atoms. The van der Waals surface area contributed by atoms with Gasteiger partial charge in [0.25, 0.3) is 0 Å². The minimum Gasteiger partial charge on any atom is -0.368 e. The molecular weight excluding hydrogens is 420 g/mol. The first-order chi connectivity index (χ1) is 14.1. The molecule has 1 aliphatic carbocycles. The van der Waals surface area contributed by atoms with Gasteiger partial charge in [-0.2, -0.15) is 13.2 Å². The van der Waals surface area contributed by atoms with Crippen molar-refractivity contribution in [2.75, 3.05) is 31.1 Å². The molecule has 0 N–H and O–H groups in total. The summed E-state index contributed by atoms with van der Waals surface area (Å²) in [7, 11) is 0. The molecule has 0 bridgehead atoms. The molecule has 0 radical (unpaired) electrons. The van der Waals surface area contributed by atoms with Gasteiger partial charge in [0.05, 0.1) is 5.92 Å². The van der Waals surface area contributed by atoms with Gasteiger partial charge in [-0.05, 0) is 48.7 Å². The molecule has 0 unspecified atom stereocenters. The van der Waals surface area contributed by atoms with Crippen LogP contribution < -0.4 is 4.90 Å². The number of halogens is 5. The number of carbonyl (C=O) groups excluding carboxylic acids is 1. The molecule has 1 heterocycles. The topological polar surface area (TPSA) is 23.6 Å². The number of alkyl halides is 3. The van der Waals surface area contributed by atoms with E-state index in [1.807, 2.05) is 19.1 Å². The number of hydrogen-bond acceptors (Lipinski definition) is 2. The second-order valence-corrected chi connectivity index (χ2v) is 8.41. The van der Waals surface area contributed by atoms with Crippen molar-refractivity contribution in [1.82, 2.24) is 4.90 Å². The molecule has 2 fully saturated rings. The standard InChI is InChI=1S/C22H21ClF4N2O/c1-14-2-5-16(23)12-19(14)28-8-10-29(11-9-28)20(30)18-13-21(18,22(25,26)27)15-3-6-17(24)7-4-15/h2-7,12,18H,8-11,13H2,1H3/t18-,21-/m1/s1. The lowest BCUT2D eigenvalue weighted by Gasteiger charge is -2.37. The summed E-state index contributed by atoms with van der Waals surface area (Å²) < 4.78 is 55.0. The Bertz CT molecular complexity index is 955. The molecule has 3 nitrogen and oxygen atoms in total. The highest BCUT2D eigenvalue weighted by molar-refractivity contribution is 6.30. The van der Waals surface area contributed by atoms with Crippen molar-refractivity contribution in [3.8, 4) is 0 Å². The van der Waals surface area contributed by atoms with Crippen molar-refractivity contribution in [1.29, 1.82) is 0 Å². The van der Waals surface area contributed by atoms with Gasteiger partial charge in [-0.25, -0.2) is 4.39 Å². The molecule has 160 valence electrons. The molecule has 2 aromatic carbocycles. The molecule has 0 aromatic heterocycles. The smallest absolute Gasteiger partial charge is 0.368 e. The Kier molecular flexibility index (Phi) is 5.21. The maximum atomic E-state index is 13.9. The molecule has 2 atom stereocenters. The summed E-state index contributed by atoms with van der Waals surface area (Å²) >= 11 is 6.09. The molecule has 4 rings (SSSR count). The molecule has 8 heteroatoms. The monoisotopic (exact) mass is 440 g/mol. The summed E-state index contributed by atoms with van der Waals surface area (Å²) in [5, 5.41) is 0.612. The highest BCUT2D eigenvalue weighted by atomic mass is 35.5. The van der Waals surface area contributed by atoms with Crippen LogP contribution in [0.5, 0.6) is 0 Å². The molecule has 1 aliphatic heterocycles. The van der Waals surface area contributed by atoms with Crippen LogP contribution in [0.15, 0.2) is 42.5 Å². The predicted molar refractivity (Wildman–Crippen MR) is 107 cm³/mol.